The van der Waals surface area contributed by atoms with E-state index in [2.05, 4.69) is 15.3 Å². The van der Waals surface area contributed by atoms with Crippen LogP contribution in [-0.4, -0.2) is 66.0 Å². The lowest BCUT2D eigenvalue weighted by Gasteiger charge is -2.23. The fraction of sp³-hybridized carbons (Fsp3) is 0.421. The van der Waals surface area contributed by atoms with Gasteiger partial charge < -0.3 is 24.4 Å². The highest BCUT2D eigenvalue weighted by atomic mass is 35.5. The minimum atomic E-state index is -0.0365. The number of imidazole rings is 1. The van der Waals surface area contributed by atoms with Crippen molar-refractivity contribution < 1.29 is 9.53 Å². The molecule has 0 aliphatic carbocycles. The molecule has 0 spiro atoms. The third kappa shape index (κ3) is 5.88. The molecule has 1 amide bonds. The lowest BCUT2D eigenvalue weighted by Crippen LogP contribution is -2.43. The number of hydrogen-bond acceptors (Lipinski definition) is 4. The second kappa shape index (κ2) is 9.98. The molecule has 0 bridgehead atoms. The highest BCUT2D eigenvalue weighted by molar-refractivity contribution is 6.29. The zero-order chi connectivity index (χ0) is 20.7. The van der Waals surface area contributed by atoms with E-state index in [0.717, 1.165) is 17.1 Å². The molecule has 9 heteroatoms. The number of carbonyl (C=O) groups excluding carboxylic acids is 1. The molecule has 0 saturated carbocycles. The first-order valence-corrected chi connectivity index (χ1v) is 9.18. The van der Waals surface area contributed by atoms with Crippen molar-refractivity contribution in [3.05, 3.63) is 47.0 Å². The molecule has 0 aliphatic rings. The monoisotopic (exact) mass is 406 g/mol. The average molecular weight is 407 g/mol. The summed E-state index contributed by atoms with van der Waals surface area (Å²) in [5.74, 6) is 2.16. The summed E-state index contributed by atoms with van der Waals surface area (Å²) in [6.45, 7) is 1.11. The van der Waals surface area contributed by atoms with Crippen LogP contribution in [0.1, 0.15) is 11.4 Å². The van der Waals surface area contributed by atoms with Crippen molar-refractivity contribution in [2.45, 2.75) is 13.1 Å². The van der Waals surface area contributed by atoms with Crippen molar-refractivity contribution in [3.8, 4) is 5.75 Å². The maximum Gasteiger partial charge on any atom is 0.241 e. The van der Waals surface area contributed by atoms with Crippen molar-refractivity contribution in [1.29, 1.82) is 0 Å². The molecule has 0 atom stereocenters. The minimum Gasteiger partial charge on any atom is -0.497 e. The topological polar surface area (TPSA) is 75.0 Å². The number of guanidine groups is 1. The molecule has 1 N–H and O–H groups in total. The lowest BCUT2D eigenvalue weighted by molar-refractivity contribution is -0.127. The molecule has 0 aliphatic heterocycles. The third-order valence-corrected chi connectivity index (χ3v) is 4.59. The van der Waals surface area contributed by atoms with E-state index < -0.39 is 0 Å². The van der Waals surface area contributed by atoms with Crippen molar-refractivity contribution in [2.75, 3.05) is 34.8 Å². The Morgan fingerprint density at radius 3 is 2.50 bits per heavy atom. The molecule has 28 heavy (non-hydrogen) atoms. The number of aliphatic imine (C=N–C) groups is 1. The van der Waals surface area contributed by atoms with Crippen LogP contribution >= 0.6 is 11.6 Å². The molecule has 0 radical (unpaired) electrons. The summed E-state index contributed by atoms with van der Waals surface area (Å²) in [6, 6.07) is 7.72. The number of rotatable bonds is 7. The van der Waals surface area contributed by atoms with Gasteiger partial charge >= 0.3 is 0 Å². The third-order valence-electron chi connectivity index (χ3n) is 4.23. The number of methoxy groups -OCH3 is 1. The second-order valence-corrected chi connectivity index (χ2v) is 6.93. The first-order chi connectivity index (χ1) is 13.3. The Labute approximate surface area is 170 Å². The summed E-state index contributed by atoms with van der Waals surface area (Å²) < 4.78 is 6.99. The van der Waals surface area contributed by atoms with Crippen LogP contribution in [0.2, 0.25) is 5.15 Å². The predicted octanol–water partition coefficient (Wildman–Crippen LogP) is 1.75. The van der Waals surface area contributed by atoms with Crippen LogP contribution in [0.4, 0.5) is 0 Å². The van der Waals surface area contributed by atoms with Gasteiger partial charge in [-0.2, -0.15) is 0 Å². The van der Waals surface area contributed by atoms with Crippen LogP contribution in [0.25, 0.3) is 0 Å². The fourth-order valence-electron chi connectivity index (χ4n) is 2.38. The molecule has 0 fully saturated rings. The molecule has 152 valence electrons. The van der Waals surface area contributed by atoms with Gasteiger partial charge in [0.15, 0.2) is 5.96 Å². The lowest BCUT2D eigenvalue weighted by atomic mass is 10.2. The minimum absolute atomic E-state index is 0.0365. The zero-order valence-corrected chi connectivity index (χ0v) is 17.7. The van der Waals surface area contributed by atoms with Crippen molar-refractivity contribution in [3.63, 3.8) is 0 Å². The van der Waals surface area contributed by atoms with Gasteiger partial charge in [0.2, 0.25) is 5.91 Å². The molecule has 0 saturated heterocycles. The second-order valence-electron chi connectivity index (χ2n) is 6.54. The first-order valence-electron chi connectivity index (χ1n) is 8.80. The number of carbonyl (C=O) groups is 1. The number of hydrogen-bond donors (Lipinski definition) is 1. The van der Waals surface area contributed by atoms with Crippen LogP contribution in [0, 0.1) is 0 Å². The Kier molecular flexibility index (Phi) is 7.69. The Bertz CT molecular complexity index is 816. The normalized spacial score (nSPS) is 11.3. The van der Waals surface area contributed by atoms with Gasteiger partial charge in [0.25, 0.3) is 0 Å². The van der Waals surface area contributed by atoms with Gasteiger partial charge in [0.1, 0.15) is 16.7 Å². The standard InChI is InChI=1S/C19H27ClN6O2/c1-24(2)18(27)12-23-19(22-10-14-6-8-15(28-5)9-7-14)25(3)13-17-21-11-16(20)26(17)4/h6-9,11H,10,12-13H2,1-5H3,(H,22,23). The molecule has 1 aromatic carbocycles. The van der Waals surface area contributed by atoms with Gasteiger partial charge in [-0.05, 0) is 17.7 Å². The Balaban J connectivity index is 2.14. The van der Waals surface area contributed by atoms with E-state index in [9.17, 15) is 4.79 Å². The van der Waals surface area contributed by atoms with Crippen molar-refractivity contribution >= 4 is 23.5 Å². The smallest absolute Gasteiger partial charge is 0.241 e. The number of aromatic nitrogens is 2. The molecule has 1 aromatic heterocycles. The van der Waals surface area contributed by atoms with Crippen LogP contribution < -0.4 is 10.1 Å². The number of nitrogens with zero attached hydrogens (tertiary/aromatic N) is 5. The number of nitrogens with one attached hydrogen (secondary N) is 1. The van der Waals surface area contributed by atoms with E-state index in [-0.39, 0.29) is 12.5 Å². The fourth-order valence-corrected chi connectivity index (χ4v) is 2.53. The summed E-state index contributed by atoms with van der Waals surface area (Å²) >= 11 is 6.07. The van der Waals surface area contributed by atoms with E-state index in [1.54, 1.807) is 27.4 Å². The van der Waals surface area contributed by atoms with Crippen LogP contribution in [0.5, 0.6) is 5.75 Å². The number of benzene rings is 1. The molecule has 8 nitrogen and oxygen atoms in total. The van der Waals surface area contributed by atoms with Gasteiger partial charge in [-0.15, -0.1) is 0 Å². The molecule has 1 heterocycles. The van der Waals surface area contributed by atoms with E-state index in [1.807, 2.05) is 47.8 Å². The average Bonchev–Trinajstić information content (AvgIpc) is 3.00. The maximum atomic E-state index is 12.0. The number of halogens is 1. The molecule has 2 rings (SSSR count). The SMILES string of the molecule is COc1ccc(CN=C(NCC(=O)N(C)C)N(C)Cc2ncc(Cl)n2C)cc1. The van der Waals surface area contributed by atoms with E-state index >= 15 is 0 Å². The van der Waals surface area contributed by atoms with Gasteiger partial charge in [-0.3, -0.25) is 4.79 Å². The number of likely N-dealkylation sites (N-methyl/N-ethyl adjacent to an activating group) is 1. The highest BCUT2D eigenvalue weighted by Crippen LogP contribution is 2.13. The number of ether oxygens (including phenoxy) is 1. The van der Waals surface area contributed by atoms with E-state index in [4.69, 9.17) is 16.3 Å². The molecule has 2 aromatic rings. The van der Waals surface area contributed by atoms with Crippen LogP contribution in [0.3, 0.4) is 0 Å². The molecule has 0 unspecified atom stereocenters. The van der Waals surface area contributed by atoms with Crippen molar-refractivity contribution in [1.82, 2.24) is 24.7 Å². The van der Waals surface area contributed by atoms with Crippen molar-refractivity contribution in [2.24, 2.45) is 12.0 Å². The Hall–Kier alpha value is -2.74. The van der Waals surface area contributed by atoms with Crippen LogP contribution in [-0.2, 0) is 24.9 Å². The van der Waals surface area contributed by atoms with Gasteiger partial charge in [-0.25, -0.2) is 9.98 Å². The highest BCUT2D eigenvalue weighted by Gasteiger charge is 2.13. The summed E-state index contributed by atoms with van der Waals surface area (Å²) in [7, 11) is 8.82. The van der Waals surface area contributed by atoms with Crippen LogP contribution in [0.15, 0.2) is 35.5 Å². The largest absolute Gasteiger partial charge is 0.497 e. The quantitative estimate of drug-likeness (QED) is 0.560. The van der Waals surface area contributed by atoms with Gasteiger partial charge in [-0.1, -0.05) is 23.7 Å². The Morgan fingerprint density at radius 2 is 1.96 bits per heavy atom. The molecular weight excluding hydrogens is 380 g/mol. The van der Waals surface area contributed by atoms with Gasteiger partial charge in [0, 0.05) is 28.2 Å². The summed E-state index contributed by atoms with van der Waals surface area (Å²) in [5, 5.41) is 3.70. The molecular formula is C19H27ClN6O2. The summed E-state index contributed by atoms with van der Waals surface area (Å²) in [6.07, 6.45) is 1.61. The zero-order valence-electron chi connectivity index (χ0n) is 16.9. The predicted molar refractivity (Wildman–Crippen MR) is 111 cm³/mol. The van der Waals surface area contributed by atoms with E-state index in [0.29, 0.717) is 24.2 Å². The first kappa shape index (κ1) is 21.6. The van der Waals surface area contributed by atoms with E-state index in [1.165, 1.54) is 4.90 Å². The maximum absolute atomic E-state index is 12.0. The summed E-state index contributed by atoms with van der Waals surface area (Å²) in [4.78, 5) is 24.4. The summed E-state index contributed by atoms with van der Waals surface area (Å²) in [5.41, 5.74) is 1.03. The number of amides is 1. The Morgan fingerprint density at radius 1 is 1.29 bits per heavy atom. The van der Waals surface area contributed by atoms with Gasteiger partial charge in [0.05, 0.1) is 32.9 Å².